The molecular formula is C10H15N3O2S. The number of aromatic nitrogens is 2. The first kappa shape index (κ1) is 12.8. The van der Waals surface area contributed by atoms with Crippen LogP contribution in [-0.2, 0) is 0 Å². The van der Waals surface area contributed by atoms with E-state index in [0.717, 1.165) is 12.2 Å². The van der Waals surface area contributed by atoms with E-state index in [0.29, 0.717) is 5.95 Å². The number of nitrogens with zero attached hydrogens (tertiary/aromatic N) is 2. The van der Waals surface area contributed by atoms with E-state index in [1.54, 1.807) is 11.8 Å². The lowest BCUT2D eigenvalue weighted by atomic mass is 10.3. The van der Waals surface area contributed by atoms with E-state index >= 15 is 0 Å². The number of carboxylic acids is 1. The number of anilines is 1. The van der Waals surface area contributed by atoms with Crippen molar-refractivity contribution in [3.05, 3.63) is 18.0 Å². The van der Waals surface area contributed by atoms with E-state index in [1.165, 1.54) is 12.3 Å². The van der Waals surface area contributed by atoms with Gasteiger partial charge in [0.05, 0.1) is 0 Å². The van der Waals surface area contributed by atoms with Gasteiger partial charge in [-0.25, -0.2) is 14.8 Å². The molecule has 1 unspecified atom stereocenters. The normalized spacial score (nSPS) is 12.1. The Balaban J connectivity index is 2.59. The Labute approximate surface area is 98.7 Å². The molecule has 1 rings (SSSR count). The molecule has 16 heavy (non-hydrogen) atoms. The number of rotatable bonds is 6. The summed E-state index contributed by atoms with van der Waals surface area (Å²) in [5.41, 5.74) is 0.00886. The standard InChI is InChI=1S/C10H15N3O2S/c1-7(4-6-16-2)12-10-11-5-3-8(13-10)9(14)15/h3,5,7H,4,6H2,1-2H3,(H,14,15)(H,11,12,13). The second kappa shape index (κ2) is 6.32. The summed E-state index contributed by atoms with van der Waals surface area (Å²) in [7, 11) is 0. The van der Waals surface area contributed by atoms with Crippen LogP contribution in [0.2, 0.25) is 0 Å². The Morgan fingerprint density at radius 3 is 3.06 bits per heavy atom. The van der Waals surface area contributed by atoms with Crippen molar-refractivity contribution in [2.75, 3.05) is 17.3 Å². The quantitative estimate of drug-likeness (QED) is 0.790. The van der Waals surface area contributed by atoms with Crippen molar-refractivity contribution in [1.29, 1.82) is 0 Å². The highest BCUT2D eigenvalue weighted by atomic mass is 32.2. The molecule has 1 atom stereocenters. The molecule has 0 aliphatic carbocycles. The van der Waals surface area contributed by atoms with Gasteiger partial charge in [-0.05, 0) is 31.4 Å². The van der Waals surface area contributed by atoms with Gasteiger partial charge >= 0.3 is 5.97 Å². The summed E-state index contributed by atoms with van der Waals surface area (Å²) >= 11 is 1.77. The molecule has 1 aromatic rings. The average Bonchev–Trinajstić information content (AvgIpc) is 2.26. The van der Waals surface area contributed by atoms with Gasteiger partial charge in [-0.1, -0.05) is 0 Å². The van der Waals surface area contributed by atoms with Gasteiger partial charge in [0.25, 0.3) is 0 Å². The van der Waals surface area contributed by atoms with Crippen LogP contribution in [0, 0.1) is 0 Å². The zero-order chi connectivity index (χ0) is 12.0. The zero-order valence-corrected chi connectivity index (χ0v) is 10.1. The minimum Gasteiger partial charge on any atom is -0.477 e. The average molecular weight is 241 g/mol. The van der Waals surface area contributed by atoms with E-state index < -0.39 is 5.97 Å². The summed E-state index contributed by atoms with van der Waals surface area (Å²) in [4.78, 5) is 18.6. The first-order valence-electron chi connectivity index (χ1n) is 4.95. The Bertz CT molecular complexity index is 360. The van der Waals surface area contributed by atoms with Crippen LogP contribution in [0.3, 0.4) is 0 Å². The van der Waals surface area contributed by atoms with E-state index in [9.17, 15) is 4.79 Å². The highest BCUT2D eigenvalue weighted by Crippen LogP contribution is 2.06. The fourth-order valence-electron chi connectivity index (χ4n) is 1.13. The molecule has 0 aromatic carbocycles. The van der Waals surface area contributed by atoms with Crippen molar-refractivity contribution < 1.29 is 9.90 Å². The zero-order valence-electron chi connectivity index (χ0n) is 9.30. The molecular weight excluding hydrogens is 226 g/mol. The Morgan fingerprint density at radius 1 is 1.69 bits per heavy atom. The smallest absolute Gasteiger partial charge is 0.354 e. The largest absolute Gasteiger partial charge is 0.477 e. The van der Waals surface area contributed by atoms with E-state index in [1.807, 2.05) is 13.2 Å². The van der Waals surface area contributed by atoms with Crippen LogP contribution in [-0.4, -0.2) is 39.1 Å². The van der Waals surface area contributed by atoms with Crippen LogP contribution in [0.4, 0.5) is 5.95 Å². The minimum absolute atomic E-state index is 0.00886. The summed E-state index contributed by atoms with van der Waals surface area (Å²) < 4.78 is 0. The highest BCUT2D eigenvalue weighted by molar-refractivity contribution is 7.98. The number of carbonyl (C=O) groups is 1. The van der Waals surface area contributed by atoms with Crippen LogP contribution in [0.5, 0.6) is 0 Å². The predicted octanol–water partition coefficient (Wildman–Crippen LogP) is 1.73. The molecule has 0 bridgehead atoms. The summed E-state index contributed by atoms with van der Waals surface area (Å²) in [6, 6.07) is 1.61. The summed E-state index contributed by atoms with van der Waals surface area (Å²) in [5.74, 6) is 0.378. The lowest BCUT2D eigenvalue weighted by Crippen LogP contribution is -2.18. The molecule has 0 spiro atoms. The molecule has 5 nitrogen and oxygen atoms in total. The molecule has 0 saturated heterocycles. The third-order valence-electron chi connectivity index (χ3n) is 2.01. The monoisotopic (exact) mass is 241 g/mol. The van der Waals surface area contributed by atoms with Crippen molar-refractivity contribution in [2.45, 2.75) is 19.4 Å². The van der Waals surface area contributed by atoms with Gasteiger partial charge in [0.15, 0.2) is 5.69 Å². The number of hydrogen-bond donors (Lipinski definition) is 2. The molecule has 0 saturated carbocycles. The highest BCUT2D eigenvalue weighted by Gasteiger charge is 2.08. The van der Waals surface area contributed by atoms with Crippen molar-refractivity contribution in [2.24, 2.45) is 0 Å². The molecule has 6 heteroatoms. The molecule has 1 aromatic heterocycles. The molecule has 1 heterocycles. The lowest BCUT2D eigenvalue weighted by molar-refractivity contribution is 0.0690. The van der Waals surface area contributed by atoms with Crippen LogP contribution in [0.1, 0.15) is 23.8 Å². The molecule has 0 radical (unpaired) electrons. The number of hydrogen-bond acceptors (Lipinski definition) is 5. The van der Waals surface area contributed by atoms with Crippen LogP contribution >= 0.6 is 11.8 Å². The maximum Gasteiger partial charge on any atom is 0.354 e. The van der Waals surface area contributed by atoms with Crippen LogP contribution in [0.25, 0.3) is 0 Å². The molecule has 0 fully saturated rings. The van der Waals surface area contributed by atoms with Gasteiger partial charge in [-0.2, -0.15) is 11.8 Å². The second-order valence-corrected chi connectivity index (χ2v) is 4.38. The first-order chi connectivity index (χ1) is 7.63. The maximum absolute atomic E-state index is 10.7. The van der Waals surface area contributed by atoms with Crippen molar-refractivity contribution >= 4 is 23.7 Å². The van der Waals surface area contributed by atoms with E-state index in [4.69, 9.17) is 5.11 Å². The van der Waals surface area contributed by atoms with Crippen LogP contribution < -0.4 is 5.32 Å². The summed E-state index contributed by atoms with van der Waals surface area (Å²) in [6.45, 7) is 2.02. The molecule has 2 N–H and O–H groups in total. The second-order valence-electron chi connectivity index (χ2n) is 3.40. The molecule has 0 amide bonds. The van der Waals surface area contributed by atoms with Crippen molar-refractivity contribution in [3.8, 4) is 0 Å². The Kier molecular flexibility index (Phi) is 5.04. The Morgan fingerprint density at radius 2 is 2.44 bits per heavy atom. The van der Waals surface area contributed by atoms with E-state index in [-0.39, 0.29) is 11.7 Å². The van der Waals surface area contributed by atoms with Crippen LogP contribution in [0.15, 0.2) is 12.3 Å². The van der Waals surface area contributed by atoms with Gasteiger partial charge in [-0.3, -0.25) is 0 Å². The fourth-order valence-corrected chi connectivity index (χ4v) is 1.72. The summed E-state index contributed by atoms with van der Waals surface area (Å²) in [5, 5.41) is 11.8. The van der Waals surface area contributed by atoms with Gasteiger partial charge in [-0.15, -0.1) is 0 Å². The minimum atomic E-state index is -1.04. The summed E-state index contributed by atoms with van der Waals surface area (Å²) in [6.07, 6.45) is 4.48. The third-order valence-corrected chi connectivity index (χ3v) is 2.65. The SMILES string of the molecule is CSCCC(C)Nc1nccc(C(=O)O)n1. The number of nitrogens with one attached hydrogen (secondary N) is 1. The third kappa shape index (κ3) is 4.06. The first-order valence-corrected chi connectivity index (χ1v) is 6.34. The van der Waals surface area contributed by atoms with Gasteiger partial charge in [0.1, 0.15) is 0 Å². The Hall–Kier alpha value is -1.30. The molecule has 0 aliphatic heterocycles. The molecule has 88 valence electrons. The van der Waals surface area contributed by atoms with Crippen molar-refractivity contribution in [3.63, 3.8) is 0 Å². The van der Waals surface area contributed by atoms with Gasteiger partial charge in [0.2, 0.25) is 5.95 Å². The number of carboxylic acid groups (broad SMARTS) is 1. The predicted molar refractivity (Wildman–Crippen MR) is 65.1 cm³/mol. The number of thioether (sulfide) groups is 1. The van der Waals surface area contributed by atoms with E-state index in [2.05, 4.69) is 15.3 Å². The van der Waals surface area contributed by atoms with Gasteiger partial charge < -0.3 is 10.4 Å². The van der Waals surface area contributed by atoms with Crippen molar-refractivity contribution in [1.82, 2.24) is 9.97 Å². The number of aromatic carboxylic acids is 1. The lowest BCUT2D eigenvalue weighted by Gasteiger charge is -2.12. The maximum atomic E-state index is 10.7. The molecule has 0 aliphatic rings. The van der Waals surface area contributed by atoms with Gasteiger partial charge in [0, 0.05) is 12.2 Å². The topological polar surface area (TPSA) is 75.1 Å². The fraction of sp³-hybridized carbons (Fsp3) is 0.500.